The van der Waals surface area contributed by atoms with Crippen LogP contribution in [0.1, 0.15) is 32.3 Å². The highest BCUT2D eigenvalue weighted by Crippen LogP contribution is 2.27. The van der Waals surface area contributed by atoms with Crippen LogP contribution in [0.4, 0.5) is 4.39 Å². The predicted molar refractivity (Wildman–Crippen MR) is 116 cm³/mol. The summed E-state index contributed by atoms with van der Waals surface area (Å²) in [4.78, 5) is 27.1. The van der Waals surface area contributed by atoms with E-state index in [0.717, 1.165) is 6.42 Å². The first kappa shape index (κ1) is 24.0. The molecule has 0 aliphatic rings. The molecular weight excluding hydrogens is 430 g/mol. The first-order valence-electron chi connectivity index (χ1n) is 9.75. The summed E-state index contributed by atoms with van der Waals surface area (Å²) in [5, 5.41) is 3.57. The zero-order valence-corrected chi connectivity index (χ0v) is 18.5. The third-order valence-electron chi connectivity index (χ3n) is 4.45. The maximum atomic E-state index is 13.3. The summed E-state index contributed by atoms with van der Waals surface area (Å²) in [5.41, 5.74) is 0.705. The summed E-state index contributed by atoms with van der Waals surface area (Å²) in [6.45, 7) is 4.14. The zero-order chi connectivity index (χ0) is 22.1. The molecule has 1 atom stereocenters. The van der Waals surface area contributed by atoms with Crippen LogP contribution in [-0.2, 0) is 16.1 Å². The predicted octanol–water partition coefficient (Wildman–Crippen LogP) is 4.84. The lowest BCUT2D eigenvalue weighted by atomic mass is 10.1. The van der Waals surface area contributed by atoms with Crippen LogP contribution >= 0.6 is 23.2 Å². The molecule has 2 amide bonds. The van der Waals surface area contributed by atoms with Gasteiger partial charge in [0.2, 0.25) is 5.91 Å². The minimum absolute atomic E-state index is 0.148. The first-order chi connectivity index (χ1) is 14.3. The van der Waals surface area contributed by atoms with Crippen LogP contribution in [0.5, 0.6) is 5.75 Å². The van der Waals surface area contributed by atoms with Crippen LogP contribution in [0.3, 0.4) is 0 Å². The minimum Gasteiger partial charge on any atom is -0.482 e. The van der Waals surface area contributed by atoms with Gasteiger partial charge in [-0.05, 0) is 48.7 Å². The molecule has 5 nitrogen and oxygen atoms in total. The number of amides is 2. The van der Waals surface area contributed by atoms with Crippen molar-refractivity contribution in [3.63, 3.8) is 0 Å². The fourth-order valence-corrected chi connectivity index (χ4v) is 3.35. The van der Waals surface area contributed by atoms with E-state index in [1.165, 1.54) is 23.1 Å². The molecule has 162 valence electrons. The van der Waals surface area contributed by atoms with Gasteiger partial charge in [0, 0.05) is 18.1 Å². The van der Waals surface area contributed by atoms with E-state index < -0.39 is 6.04 Å². The average molecular weight is 455 g/mol. The van der Waals surface area contributed by atoms with E-state index in [1.54, 1.807) is 24.3 Å². The number of rotatable bonds is 10. The Morgan fingerprint density at radius 2 is 1.83 bits per heavy atom. The van der Waals surface area contributed by atoms with Crippen molar-refractivity contribution in [2.45, 2.75) is 39.3 Å². The molecule has 2 rings (SSSR count). The first-order valence-corrected chi connectivity index (χ1v) is 10.5. The quantitative estimate of drug-likeness (QED) is 0.558. The van der Waals surface area contributed by atoms with Crippen LogP contribution in [0, 0.1) is 5.82 Å². The number of ether oxygens (including phenoxy) is 1. The van der Waals surface area contributed by atoms with Crippen molar-refractivity contribution in [3.05, 3.63) is 63.9 Å². The number of nitrogens with zero attached hydrogens (tertiary/aromatic N) is 1. The van der Waals surface area contributed by atoms with E-state index in [-0.39, 0.29) is 35.8 Å². The second-order valence-electron chi connectivity index (χ2n) is 6.73. The lowest BCUT2D eigenvalue weighted by molar-refractivity contribution is -0.143. The third kappa shape index (κ3) is 6.89. The van der Waals surface area contributed by atoms with Crippen molar-refractivity contribution in [1.29, 1.82) is 0 Å². The highest BCUT2D eigenvalue weighted by Gasteiger charge is 2.28. The number of hydrogen-bond acceptors (Lipinski definition) is 3. The number of hydrogen-bond donors (Lipinski definition) is 1. The largest absolute Gasteiger partial charge is 0.482 e. The maximum Gasteiger partial charge on any atom is 0.261 e. The van der Waals surface area contributed by atoms with Crippen molar-refractivity contribution in [3.8, 4) is 5.75 Å². The Bertz CT molecular complexity index is 862. The molecular formula is C22H25Cl2FN2O3. The fourth-order valence-electron chi connectivity index (χ4n) is 2.89. The van der Waals surface area contributed by atoms with Crippen molar-refractivity contribution in [1.82, 2.24) is 10.2 Å². The molecule has 2 aromatic carbocycles. The number of benzene rings is 2. The molecule has 2 aromatic rings. The molecule has 1 N–H and O–H groups in total. The molecule has 0 aliphatic heterocycles. The maximum absolute atomic E-state index is 13.3. The van der Waals surface area contributed by atoms with Gasteiger partial charge in [-0.2, -0.15) is 0 Å². The van der Waals surface area contributed by atoms with Crippen molar-refractivity contribution < 1.29 is 18.7 Å². The number of nitrogens with one attached hydrogen (secondary N) is 1. The summed E-state index contributed by atoms with van der Waals surface area (Å²) >= 11 is 12.0. The van der Waals surface area contributed by atoms with Crippen LogP contribution < -0.4 is 10.1 Å². The Hall–Kier alpha value is -2.31. The number of halogens is 3. The fraction of sp³-hybridized carbons (Fsp3) is 0.364. The van der Waals surface area contributed by atoms with Crippen LogP contribution in [0.25, 0.3) is 0 Å². The van der Waals surface area contributed by atoms with Crippen LogP contribution in [-0.4, -0.2) is 35.9 Å². The van der Waals surface area contributed by atoms with Gasteiger partial charge in [-0.3, -0.25) is 9.59 Å². The lowest BCUT2D eigenvalue weighted by Gasteiger charge is -2.30. The summed E-state index contributed by atoms with van der Waals surface area (Å²) in [7, 11) is 0. The zero-order valence-electron chi connectivity index (χ0n) is 17.0. The SMILES string of the molecule is CCCNC(=O)[C@H](CC)N(Cc1ccc(F)cc1)C(=O)COc1ccc(Cl)cc1Cl. The Kier molecular flexibility index (Phi) is 9.40. The van der Waals surface area contributed by atoms with Crippen molar-refractivity contribution in [2.24, 2.45) is 0 Å². The Morgan fingerprint density at radius 3 is 2.43 bits per heavy atom. The summed E-state index contributed by atoms with van der Waals surface area (Å²) < 4.78 is 18.8. The van der Waals surface area contributed by atoms with E-state index in [2.05, 4.69) is 5.32 Å². The van der Waals surface area contributed by atoms with Gasteiger partial charge in [-0.15, -0.1) is 0 Å². The Labute approximate surface area is 186 Å². The molecule has 0 heterocycles. The molecule has 0 bridgehead atoms. The summed E-state index contributed by atoms with van der Waals surface area (Å²) in [6, 6.07) is 9.83. The topological polar surface area (TPSA) is 58.6 Å². The summed E-state index contributed by atoms with van der Waals surface area (Å²) in [6.07, 6.45) is 1.20. The van der Waals surface area contributed by atoms with Gasteiger partial charge < -0.3 is 15.0 Å². The van der Waals surface area contributed by atoms with Gasteiger partial charge in [-0.1, -0.05) is 49.2 Å². The second kappa shape index (κ2) is 11.8. The number of carbonyl (C=O) groups is 2. The normalized spacial score (nSPS) is 11.6. The molecule has 30 heavy (non-hydrogen) atoms. The van der Waals surface area contributed by atoms with Gasteiger partial charge in [0.05, 0.1) is 5.02 Å². The van der Waals surface area contributed by atoms with Gasteiger partial charge >= 0.3 is 0 Å². The van der Waals surface area contributed by atoms with Gasteiger partial charge in [0.25, 0.3) is 5.91 Å². The Balaban J connectivity index is 2.20. The van der Waals surface area contributed by atoms with Gasteiger partial charge in [-0.25, -0.2) is 4.39 Å². The molecule has 0 saturated heterocycles. The molecule has 0 unspecified atom stereocenters. The van der Waals surface area contributed by atoms with E-state index in [0.29, 0.717) is 29.3 Å². The molecule has 0 fully saturated rings. The standard InChI is InChI=1S/C22H25Cl2FN2O3/c1-3-11-26-22(29)19(4-2)27(13-15-5-8-17(25)9-6-15)21(28)14-30-20-10-7-16(23)12-18(20)24/h5-10,12,19H,3-4,11,13-14H2,1-2H3,(H,26,29)/t19-/m0/s1. The number of carbonyl (C=O) groups excluding carboxylic acids is 2. The van der Waals surface area contributed by atoms with Gasteiger partial charge in [0.15, 0.2) is 6.61 Å². The van der Waals surface area contributed by atoms with E-state index in [1.807, 2.05) is 13.8 Å². The minimum atomic E-state index is -0.682. The highest BCUT2D eigenvalue weighted by atomic mass is 35.5. The lowest BCUT2D eigenvalue weighted by Crippen LogP contribution is -2.50. The summed E-state index contributed by atoms with van der Waals surface area (Å²) in [5.74, 6) is -0.673. The third-order valence-corrected chi connectivity index (χ3v) is 4.98. The van der Waals surface area contributed by atoms with E-state index in [9.17, 15) is 14.0 Å². The van der Waals surface area contributed by atoms with Crippen molar-refractivity contribution in [2.75, 3.05) is 13.2 Å². The molecule has 0 saturated carbocycles. The monoisotopic (exact) mass is 454 g/mol. The van der Waals surface area contributed by atoms with Crippen LogP contribution in [0.2, 0.25) is 10.0 Å². The molecule has 0 spiro atoms. The Morgan fingerprint density at radius 1 is 1.13 bits per heavy atom. The van der Waals surface area contributed by atoms with E-state index in [4.69, 9.17) is 27.9 Å². The smallest absolute Gasteiger partial charge is 0.261 e. The molecule has 0 aromatic heterocycles. The molecule has 8 heteroatoms. The van der Waals surface area contributed by atoms with Crippen molar-refractivity contribution >= 4 is 35.0 Å². The van der Waals surface area contributed by atoms with E-state index >= 15 is 0 Å². The molecule has 0 radical (unpaired) electrons. The second-order valence-corrected chi connectivity index (χ2v) is 7.57. The molecule has 0 aliphatic carbocycles. The van der Waals surface area contributed by atoms with Gasteiger partial charge in [0.1, 0.15) is 17.6 Å². The van der Waals surface area contributed by atoms with Crippen LogP contribution in [0.15, 0.2) is 42.5 Å². The average Bonchev–Trinajstić information content (AvgIpc) is 2.72. The highest BCUT2D eigenvalue weighted by molar-refractivity contribution is 6.35.